The van der Waals surface area contributed by atoms with E-state index in [1.165, 1.54) is 0 Å². The summed E-state index contributed by atoms with van der Waals surface area (Å²) in [6, 6.07) is 7.84. The van der Waals surface area contributed by atoms with E-state index < -0.39 is 0 Å². The van der Waals surface area contributed by atoms with Crippen molar-refractivity contribution in [3.05, 3.63) is 29.8 Å². The number of nitrogens with one attached hydrogen (secondary N) is 1. The first-order valence-corrected chi connectivity index (χ1v) is 7.74. The van der Waals surface area contributed by atoms with Gasteiger partial charge in [-0.15, -0.1) is 0 Å². The molecule has 21 heavy (non-hydrogen) atoms. The van der Waals surface area contributed by atoms with Crippen molar-refractivity contribution >= 4 is 5.91 Å². The minimum absolute atomic E-state index is 0.0442. The van der Waals surface area contributed by atoms with E-state index in [1.54, 1.807) is 0 Å². The van der Waals surface area contributed by atoms with Crippen LogP contribution in [0.1, 0.15) is 51.6 Å². The third kappa shape index (κ3) is 3.56. The molecule has 1 unspecified atom stereocenters. The number of amides is 1. The van der Waals surface area contributed by atoms with Crippen molar-refractivity contribution in [1.82, 2.24) is 5.32 Å². The minimum Gasteiger partial charge on any atom is -0.491 e. The summed E-state index contributed by atoms with van der Waals surface area (Å²) in [6.45, 7) is 6.43. The average molecular weight is 290 g/mol. The molecular formula is C17H26N2O2. The molecule has 0 aliphatic heterocycles. The maximum Gasteiger partial charge on any atom is 0.227 e. The summed E-state index contributed by atoms with van der Waals surface area (Å²) in [5.74, 6) is 0.916. The summed E-state index contributed by atoms with van der Waals surface area (Å²) in [5.41, 5.74) is 6.50. The molecule has 3 N–H and O–H groups in total. The lowest BCUT2D eigenvalue weighted by Crippen LogP contribution is -2.50. The highest BCUT2D eigenvalue weighted by molar-refractivity contribution is 5.84. The Morgan fingerprint density at radius 2 is 2.10 bits per heavy atom. The largest absolute Gasteiger partial charge is 0.491 e. The van der Waals surface area contributed by atoms with Gasteiger partial charge in [0.15, 0.2) is 0 Å². The van der Waals surface area contributed by atoms with Crippen LogP contribution in [0.15, 0.2) is 24.3 Å². The molecule has 1 aromatic carbocycles. The third-order valence-corrected chi connectivity index (χ3v) is 4.26. The summed E-state index contributed by atoms with van der Waals surface area (Å²) in [6.07, 6.45) is 3.04. The molecule has 1 aliphatic carbocycles. The SMILES string of the molecule is CC(C)Oc1cccc(C(C)NC(=O)C2(CN)CCC2)c1. The molecule has 1 amide bonds. The van der Waals surface area contributed by atoms with Crippen LogP contribution in [0.4, 0.5) is 0 Å². The quantitative estimate of drug-likeness (QED) is 0.846. The highest BCUT2D eigenvalue weighted by Crippen LogP contribution is 2.40. The van der Waals surface area contributed by atoms with Crippen molar-refractivity contribution in [2.24, 2.45) is 11.1 Å². The Morgan fingerprint density at radius 1 is 1.38 bits per heavy atom. The van der Waals surface area contributed by atoms with Gasteiger partial charge in [0, 0.05) is 6.54 Å². The third-order valence-electron chi connectivity index (χ3n) is 4.26. The van der Waals surface area contributed by atoms with Crippen LogP contribution in [0.2, 0.25) is 0 Å². The van der Waals surface area contributed by atoms with Crippen LogP contribution < -0.4 is 15.8 Å². The van der Waals surface area contributed by atoms with Crippen molar-refractivity contribution < 1.29 is 9.53 Å². The zero-order valence-corrected chi connectivity index (χ0v) is 13.2. The van der Waals surface area contributed by atoms with Crippen LogP contribution in [0, 0.1) is 5.41 Å². The van der Waals surface area contributed by atoms with Crippen LogP contribution in [0.3, 0.4) is 0 Å². The lowest BCUT2D eigenvalue weighted by atomic mass is 9.68. The molecule has 0 radical (unpaired) electrons. The maximum atomic E-state index is 12.4. The Balaban J connectivity index is 2.03. The Bertz CT molecular complexity index is 490. The van der Waals surface area contributed by atoms with E-state index in [2.05, 4.69) is 5.32 Å². The van der Waals surface area contributed by atoms with E-state index in [0.29, 0.717) is 6.54 Å². The molecule has 0 heterocycles. The molecule has 1 aromatic rings. The molecule has 4 nitrogen and oxygen atoms in total. The number of hydrogen-bond donors (Lipinski definition) is 2. The molecule has 0 bridgehead atoms. The number of ether oxygens (including phenoxy) is 1. The predicted molar refractivity (Wildman–Crippen MR) is 84.1 cm³/mol. The van der Waals surface area contributed by atoms with Gasteiger partial charge in [-0.25, -0.2) is 0 Å². The Hall–Kier alpha value is -1.55. The zero-order valence-electron chi connectivity index (χ0n) is 13.2. The molecule has 4 heteroatoms. The van der Waals surface area contributed by atoms with E-state index in [9.17, 15) is 4.79 Å². The second-order valence-electron chi connectivity index (χ2n) is 6.27. The Labute approximate surface area is 127 Å². The molecule has 1 saturated carbocycles. The van der Waals surface area contributed by atoms with Crippen LogP contribution in [-0.2, 0) is 4.79 Å². The summed E-state index contributed by atoms with van der Waals surface area (Å²) < 4.78 is 5.70. The van der Waals surface area contributed by atoms with Gasteiger partial charge in [0.25, 0.3) is 0 Å². The van der Waals surface area contributed by atoms with Gasteiger partial charge in [0.2, 0.25) is 5.91 Å². The second kappa shape index (κ2) is 6.48. The van der Waals surface area contributed by atoms with Gasteiger partial charge in [0.05, 0.1) is 17.6 Å². The number of hydrogen-bond acceptors (Lipinski definition) is 3. The number of benzene rings is 1. The van der Waals surface area contributed by atoms with Crippen LogP contribution in [0.5, 0.6) is 5.75 Å². The number of carbonyl (C=O) groups excluding carboxylic acids is 1. The summed E-state index contributed by atoms with van der Waals surface area (Å²) in [4.78, 5) is 12.4. The smallest absolute Gasteiger partial charge is 0.227 e. The monoisotopic (exact) mass is 290 g/mol. The van der Waals surface area contributed by atoms with E-state index in [0.717, 1.165) is 30.6 Å². The number of rotatable bonds is 6. The molecule has 1 atom stereocenters. The highest BCUT2D eigenvalue weighted by Gasteiger charge is 2.43. The van der Waals surface area contributed by atoms with Crippen molar-refractivity contribution in [2.45, 2.75) is 52.2 Å². The van der Waals surface area contributed by atoms with Crippen LogP contribution in [0.25, 0.3) is 0 Å². The molecule has 116 valence electrons. The van der Waals surface area contributed by atoms with Crippen molar-refractivity contribution in [2.75, 3.05) is 6.54 Å². The zero-order chi connectivity index (χ0) is 15.5. The fraction of sp³-hybridized carbons (Fsp3) is 0.588. The first kappa shape index (κ1) is 15.8. The molecule has 0 saturated heterocycles. The summed E-state index contributed by atoms with van der Waals surface area (Å²) in [7, 11) is 0. The fourth-order valence-corrected chi connectivity index (χ4v) is 2.69. The van der Waals surface area contributed by atoms with Crippen LogP contribution in [-0.4, -0.2) is 18.6 Å². The van der Waals surface area contributed by atoms with Crippen molar-refractivity contribution in [3.63, 3.8) is 0 Å². The van der Waals surface area contributed by atoms with Gasteiger partial charge in [-0.2, -0.15) is 0 Å². The second-order valence-corrected chi connectivity index (χ2v) is 6.27. The van der Waals surface area contributed by atoms with Crippen molar-refractivity contribution in [3.8, 4) is 5.75 Å². The predicted octanol–water partition coefficient (Wildman–Crippen LogP) is 2.78. The standard InChI is InChI=1S/C17H26N2O2/c1-12(2)21-15-7-4-6-14(10-15)13(3)19-16(20)17(11-18)8-5-9-17/h4,6-7,10,12-13H,5,8-9,11,18H2,1-3H3,(H,19,20). The highest BCUT2D eigenvalue weighted by atomic mass is 16.5. The minimum atomic E-state index is -0.333. The van der Waals surface area contributed by atoms with Gasteiger partial charge >= 0.3 is 0 Å². The van der Waals surface area contributed by atoms with Gasteiger partial charge in [0.1, 0.15) is 5.75 Å². The summed E-state index contributed by atoms with van der Waals surface area (Å²) >= 11 is 0. The molecule has 0 aromatic heterocycles. The van der Waals surface area contributed by atoms with Gasteiger partial charge < -0.3 is 15.8 Å². The average Bonchev–Trinajstić information content (AvgIpc) is 2.37. The Morgan fingerprint density at radius 3 is 2.62 bits per heavy atom. The summed E-state index contributed by atoms with van der Waals surface area (Å²) in [5, 5.41) is 3.10. The lowest BCUT2D eigenvalue weighted by molar-refractivity contribution is -0.135. The number of carbonyl (C=O) groups is 1. The van der Waals surface area contributed by atoms with Gasteiger partial charge in [-0.3, -0.25) is 4.79 Å². The normalized spacial score (nSPS) is 18.0. The lowest BCUT2D eigenvalue weighted by Gasteiger charge is -2.39. The Kier molecular flexibility index (Phi) is 4.88. The number of nitrogens with two attached hydrogens (primary N) is 1. The first-order valence-electron chi connectivity index (χ1n) is 7.74. The molecule has 1 aliphatic rings. The first-order chi connectivity index (χ1) is 9.97. The van der Waals surface area contributed by atoms with Gasteiger partial charge in [-0.1, -0.05) is 18.6 Å². The fourth-order valence-electron chi connectivity index (χ4n) is 2.69. The van der Waals surface area contributed by atoms with E-state index >= 15 is 0 Å². The maximum absolute atomic E-state index is 12.4. The van der Waals surface area contributed by atoms with E-state index in [4.69, 9.17) is 10.5 Å². The topological polar surface area (TPSA) is 64.3 Å². The van der Waals surface area contributed by atoms with E-state index in [1.807, 2.05) is 45.0 Å². The van der Waals surface area contributed by atoms with Gasteiger partial charge in [-0.05, 0) is 51.3 Å². The molecule has 1 fully saturated rings. The van der Waals surface area contributed by atoms with Crippen molar-refractivity contribution in [1.29, 1.82) is 0 Å². The molecular weight excluding hydrogens is 264 g/mol. The molecule has 0 spiro atoms. The van der Waals surface area contributed by atoms with Crippen LogP contribution >= 0.6 is 0 Å². The molecule has 2 rings (SSSR count). The van der Waals surface area contributed by atoms with E-state index in [-0.39, 0.29) is 23.5 Å².